The zero-order chi connectivity index (χ0) is 12.5. The van der Waals surface area contributed by atoms with Crippen LogP contribution in [0.15, 0.2) is 29.1 Å². The van der Waals surface area contributed by atoms with Gasteiger partial charge in [0.15, 0.2) is 0 Å². The molecule has 0 aliphatic carbocycles. The van der Waals surface area contributed by atoms with Crippen molar-refractivity contribution < 1.29 is 14.3 Å². The first-order chi connectivity index (χ1) is 8.74. The number of aromatic carboxylic acids is 1. The molecule has 0 atom stereocenters. The molecule has 2 aromatic rings. The lowest BCUT2D eigenvalue weighted by molar-refractivity contribution is 0.0692. The predicted octanol–water partition coefficient (Wildman–Crippen LogP) is 1.19. The summed E-state index contributed by atoms with van der Waals surface area (Å²) >= 11 is 0. The smallest absolute Gasteiger partial charge is 0.339 e. The third-order valence-corrected chi connectivity index (χ3v) is 3.17. The molecule has 1 aliphatic rings. The number of carboxylic acids is 1. The molecule has 0 spiro atoms. The number of rotatable bonds is 3. The first kappa shape index (κ1) is 11.0. The van der Waals surface area contributed by atoms with Crippen molar-refractivity contribution in [2.45, 2.75) is 19.6 Å². The van der Waals surface area contributed by atoms with E-state index >= 15 is 0 Å². The average Bonchev–Trinajstić information content (AvgIpc) is 2.96. The molecule has 1 aliphatic heterocycles. The lowest BCUT2D eigenvalue weighted by Crippen LogP contribution is -2.33. The molecule has 0 fully saturated rings. The largest absolute Gasteiger partial charge is 0.478 e. The van der Waals surface area contributed by atoms with Gasteiger partial charge in [-0.25, -0.2) is 9.78 Å². The standard InChI is InChI=1S/C12H13N3O3/c16-12(17)9-1-6-18-10(9)7-14-4-5-15-3-2-13-11(15)8-14/h1-3,6H,4-5,7-8H2,(H,16,17). The van der Waals surface area contributed by atoms with Gasteiger partial charge in [0.1, 0.15) is 17.1 Å². The van der Waals surface area contributed by atoms with E-state index in [1.54, 1.807) is 6.20 Å². The molecule has 0 radical (unpaired) electrons. The van der Waals surface area contributed by atoms with E-state index in [-0.39, 0.29) is 5.56 Å². The van der Waals surface area contributed by atoms with Gasteiger partial charge in [-0.15, -0.1) is 0 Å². The van der Waals surface area contributed by atoms with Crippen molar-refractivity contribution in [2.75, 3.05) is 6.54 Å². The summed E-state index contributed by atoms with van der Waals surface area (Å²) in [6, 6.07) is 1.49. The van der Waals surface area contributed by atoms with E-state index in [1.165, 1.54) is 12.3 Å². The van der Waals surface area contributed by atoms with Gasteiger partial charge in [0.25, 0.3) is 0 Å². The molecule has 1 N–H and O–H groups in total. The molecule has 18 heavy (non-hydrogen) atoms. The molecule has 6 heteroatoms. The van der Waals surface area contributed by atoms with E-state index in [0.29, 0.717) is 18.8 Å². The molecule has 3 rings (SSSR count). The van der Waals surface area contributed by atoms with Gasteiger partial charge in [0.05, 0.1) is 19.4 Å². The van der Waals surface area contributed by atoms with E-state index in [0.717, 1.165) is 18.9 Å². The number of hydrogen-bond acceptors (Lipinski definition) is 4. The third kappa shape index (κ3) is 1.91. The van der Waals surface area contributed by atoms with Crippen molar-refractivity contribution in [2.24, 2.45) is 0 Å². The summed E-state index contributed by atoms with van der Waals surface area (Å²) in [5.74, 6) is 0.560. The molecule has 0 amide bonds. The monoisotopic (exact) mass is 247 g/mol. The van der Waals surface area contributed by atoms with Crippen LogP contribution in [0.25, 0.3) is 0 Å². The summed E-state index contributed by atoms with van der Waals surface area (Å²) in [7, 11) is 0. The van der Waals surface area contributed by atoms with Gasteiger partial charge < -0.3 is 14.1 Å². The highest BCUT2D eigenvalue weighted by atomic mass is 16.4. The summed E-state index contributed by atoms with van der Waals surface area (Å²) in [4.78, 5) is 17.4. The Bertz CT molecular complexity index is 573. The van der Waals surface area contributed by atoms with Crippen LogP contribution < -0.4 is 0 Å². The van der Waals surface area contributed by atoms with E-state index in [4.69, 9.17) is 9.52 Å². The number of furan rings is 1. The van der Waals surface area contributed by atoms with Crippen LogP contribution in [-0.2, 0) is 19.6 Å². The maximum absolute atomic E-state index is 11.0. The fraction of sp³-hybridized carbons (Fsp3) is 0.333. The van der Waals surface area contributed by atoms with Crippen molar-refractivity contribution >= 4 is 5.97 Å². The molecule has 0 saturated heterocycles. The maximum Gasteiger partial charge on any atom is 0.339 e. The minimum atomic E-state index is -0.947. The topological polar surface area (TPSA) is 71.5 Å². The van der Waals surface area contributed by atoms with Crippen LogP contribution in [0.1, 0.15) is 21.9 Å². The Balaban J connectivity index is 1.75. The SMILES string of the molecule is O=C(O)c1ccoc1CN1CCn2ccnc2C1. The lowest BCUT2D eigenvalue weighted by atomic mass is 10.2. The predicted molar refractivity (Wildman–Crippen MR) is 62.0 cm³/mol. The van der Waals surface area contributed by atoms with Gasteiger partial charge in [-0.05, 0) is 6.07 Å². The molecule has 0 bridgehead atoms. The zero-order valence-electron chi connectivity index (χ0n) is 9.74. The van der Waals surface area contributed by atoms with Crippen LogP contribution in [0.3, 0.4) is 0 Å². The Morgan fingerprint density at radius 2 is 2.39 bits per heavy atom. The van der Waals surface area contributed by atoms with Gasteiger partial charge in [-0.3, -0.25) is 4.90 Å². The summed E-state index contributed by atoms with van der Waals surface area (Å²) < 4.78 is 7.36. The summed E-state index contributed by atoms with van der Waals surface area (Å²) in [6.45, 7) is 2.95. The quantitative estimate of drug-likeness (QED) is 0.882. The lowest BCUT2D eigenvalue weighted by Gasteiger charge is -2.26. The Labute approximate surface area is 103 Å². The number of carbonyl (C=O) groups is 1. The molecule has 0 aromatic carbocycles. The average molecular weight is 247 g/mol. The fourth-order valence-electron chi connectivity index (χ4n) is 2.22. The van der Waals surface area contributed by atoms with E-state index in [1.807, 2.05) is 6.20 Å². The number of nitrogens with zero attached hydrogens (tertiary/aromatic N) is 3. The fourth-order valence-corrected chi connectivity index (χ4v) is 2.22. The number of aromatic nitrogens is 2. The van der Waals surface area contributed by atoms with Gasteiger partial charge in [0.2, 0.25) is 0 Å². The van der Waals surface area contributed by atoms with Crippen LogP contribution in [0.5, 0.6) is 0 Å². The van der Waals surface area contributed by atoms with Gasteiger partial charge in [-0.2, -0.15) is 0 Å². The van der Waals surface area contributed by atoms with Gasteiger partial charge in [-0.1, -0.05) is 0 Å². The second-order valence-corrected chi connectivity index (χ2v) is 4.31. The second-order valence-electron chi connectivity index (χ2n) is 4.31. The van der Waals surface area contributed by atoms with Crippen LogP contribution in [-0.4, -0.2) is 32.1 Å². The van der Waals surface area contributed by atoms with E-state index < -0.39 is 5.97 Å². The third-order valence-electron chi connectivity index (χ3n) is 3.17. The number of hydrogen-bond donors (Lipinski definition) is 1. The van der Waals surface area contributed by atoms with Gasteiger partial charge in [0, 0.05) is 25.5 Å². The van der Waals surface area contributed by atoms with Crippen molar-refractivity contribution in [1.29, 1.82) is 0 Å². The van der Waals surface area contributed by atoms with Crippen LogP contribution in [0.2, 0.25) is 0 Å². The minimum absolute atomic E-state index is 0.240. The highest BCUT2D eigenvalue weighted by molar-refractivity contribution is 5.88. The van der Waals surface area contributed by atoms with Crippen LogP contribution >= 0.6 is 0 Å². The molecular weight excluding hydrogens is 234 g/mol. The second kappa shape index (κ2) is 4.30. The van der Waals surface area contributed by atoms with Crippen LogP contribution in [0.4, 0.5) is 0 Å². The Morgan fingerprint density at radius 3 is 3.22 bits per heavy atom. The first-order valence-electron chi connectivity index (χ1n) is 5.76. The maximum atomic E-state index is 11.0. The highest BCUT2D eigenvalue weighted by Crippen LogP contribution is 2.17. The van der Waals surface area contributed by atoms with E-state index in [2.05, 4.69) is 14.5 Å². The Morgan fingerprint density at radius 1 is 1.50 bits per heavy atom. The summed E-state index contributed by atoms with van der Waals surface area (Å²) in [5.41, 5.74) is 0.240. The van der Waals surface area contributed by atoms with E-state index in [9.17, 15) is 4.79 Å². The van der Waals surface area contributed by atoms with Crippen molar-refractivity contribution in [3.8, 4) is 0 Å². The zero-order valence-corrected chi connectivity index (χ0v) is 9.74. The van der Waals surface area contributed by atoms with Crippen molar-refractivity contribution in [1.82, 2.24) is 14.5 Å². The number of fused-ring (bicyclic) bond motifs is 1. The van der Waals surface area contributed by atoms with Crippen molar-refractivity contribution in [3.63, 3.8) is 0 Å². The first-order valence-corrected chi connectivity index (χ1v) is 5.76. The van der Waals surface area contributed by atoms with Crippen LogP contribution in [0, 0.1) is 0 Å². The van der Waals surface area contributed by atoms with Crippen molar-refractivity contribution in [3.05, 3.63) is 41.9 Å². The molecule has 3 heterocycles. The summed E-state index contributed by atoms with van der Waals surface area (Å²) in [5, 5.41) is 9.01. The number of carboxylic acid groups (broad SMARTS) is 1. The van der Waals surface area contributed by atoms with Gasteiger partial charge >= 0.3 is 5.97 Å². The molecule has 0 unspecified atom stereocenters. The molecule has 94 valence electrons. The Kier molecular flexibility index (Phi) is 2.64. The molecule has 2 aromatic heterocycles. The Hall–Kier alpha value is -2.08. The minimum Gasteiger partial charge on any atom is -0.478 e. The molecular formula is C12H13N3O3. The molecule has 0 saturated carbocycles. The molecule has 6 nitrogen and oxygen atoms in total. The normalized spacial score (nSPS) is 15.6. The highest BCUT2D eigenvalue weighted by Gasteiger charge is 2.20. The summed E-state index contributed by atoms with van der Waals surface area (Å²) in [6.07, 6.45) is 5.17. The number of imidazole rings is 1.